The van der Waals surface area contributed by atoms with Crippen molar-refractivity contribution in [2.45, 2.75) is 12.5 Å². The second-order valence-electron chi connectivity index (χ2n) is 2.98. The number of aliphatic carboxylic acids is 1. The van der Waals surface area contributed by atoms with Crippen LogP contribution in [0, 0.1) is 0 Å². The predicted octanol–water partition coefficient (Wildman–Crippen LogP) is 2.39. The van der Waals surface area contributed by atoms with Gasteiger partial charge in [-0.2, -0.15) is 1.33 Å². The third-order valence-electron chi connectivity index (χ3n) is 1.89. The molecule has 0 saturated heterocycles. The van der Waals surface area contributed by atoms with Gasteiger partial charge >= 0.3 is 5.97 Å². The van der Waals surface area contributed by atoms with Gasteiger partial charge in [0, 0.05) is 52.1 Å². The summed E-state index contributed by atoms with van der Waals surface area (Å²) in [7, 11) is 0. The molecule has 4 nitrogen and oxygen atoms in total. The highest BCUT2D eigenvalue weighted by Gasteiger charge is 2.22. The minimum Gasteiger partial charge on any atom is -0.508 e. The van der Waals surface area contributed by atoms with E-state index < -0.39 is 12.0 Å². The molecule has 15 heavy (non-hydrogen) atoms. The number of halogens is 2. The molecule has 1 atom stereocenters. The van der Waals surface area contributed by atoms with E-state index in [0.29, 0.717) is 6.42 Å². The number of phenolic OH excluding ortho intramolecular Hbond substituents is 1. The van der Waals surface area contributed by atoms with Gasteiger partial charge in [-0.1, -0.05) is 12.1 Å². The number of aromatic hydroxyl groups is 1. The average Bonchev–Trinajstić information content (AvgIpc) is 2.15. The standard InChI is InChI=1S/C9H9I2NO3/c10-12(11)8(9(14)15)5-6-1-3-7(13)4-2-6/h1-4,8,13H,5H2,(H,14,15)/t8-/m1/s1. The van der Waals surface area contributed by atoms with E-state index in [9.17, 15) is 4.79 Å². The summed E-state index contributed by atoms with van der Waals surface area (Å²) in [5.74, 6) is -0.668. The van der Waals surface area contributed by atoms with E-state index in [0.717, 1.165) is 5.56 Å². The molecule has 1 aromatic rings. The lowest BCUT2D eigenvalue weighted by molar-refractivity contribution is -0.139. The van der Waals surface area contributed by atoms with Gasteiger partial charge in [-0.05, 0) is 17.7 Å². The molecular formula is C9H9I2NO3. The Kier molecular flexibility index (Phi) is 5.06. The molecular weight excluding hydrogens is 424 g/mol. The average molecular weight is 433 g/mol. The Morgan fingerprint density at radius 2 is 1.87 bits per heavy atom. The van der Waals surface area contributed by atoms with Crippen molar-refractivity contribution in [3.8, 4) is 5.75 Å². The molecule has 0 aliphatic carbocycles. The Morgan fingerprint density at radius 3 is 2.27 bits per heavy atom. The largest absolute Gasteiger partial charge is 0.508 e. The van der Waals surface area contributed by atoms with E-state index in [1.807, 2.05) is 45.7 Å². The predicted molar refractivity (Wildman–Crippen MR) is 73.1 cm³/mol. The highest BCUT2D eigenvalue weighted by Crippen LogP contribution is 2.19. The Bertz CT molecular complexity index is 340. The number of hydrogen-bond donors (Lipinski definition) is 2. The summed E-state index contributed by atoms with van der Waals surface area (Å²) < 4.78 is 1.60. The van der Waals surface area contributed by atoms with Crippen LogP contribution in [0.15, 0.2) is 24.3 Å². The van der Waals surface area contributed by atoms with Crippen molar-refractivity contribution in [2.24, 2.45) is 0 Å². The van der Waals surface area contributed by atoms with Crippen LogP contribution in [0.1, 0.15) is 5.56 Å². The van der Waals surface area contributed by atoms with Gasteiger partial charge in [-0.25, -0.2) is 0 Å². The Balaban J connectivity index is 2.74. The maximum atomic E-state index is 10.9. The number of carbonyl (C=O) groups is 1. The zero-order valence-electron chi connectivity index (χ0n) is 7.60. The van der Waals surface area contributed by atoms with Gasteiger partial charge in [0.2, 0.25) is 0 Å². The van der Waals surface area contributed by atoms with Gasteiger partial charge in [-0.15, -0.1) is 0 Å². The molecule has 1 aromatic carbocycles. The molecule has 0 radical (unpaired) electrons. The molecule has 6 heteroatoms. The quantitative estimate of drug-likeness (QED) is 0.566. The second kappa shape index (κ2) is 5.85. The molecule has 0 unspecified atom stereocenters. The van der Waals surface area contributed by atoms with Crippen LogP contribution in [0.25, 0.3) is 0 Å². The van der Waals surface area contributed by atoms with E-state index >= 15 is 0 Å². The number of benzene rings is 1. The van der Waals surface area contributed by atoms with E-state index in [4.69, 9.17) is 10.2 Å². The molecule has 0 aliphatic rings. The molecule has 0 aliphatic heterocycles. The van der Waals surface area contributed by atoms with Crippen LogP contribution in [-0.4, -0.2) is 23.6 Å². The minimum atomic E-state index is -0.855. The summed E-state index contributed by atoms with van der Waals surface area (Å²) in [5.41, 5.74) is 0.888. The summed E-state index contributed by atoms with van der Waals surface area (Å²) in [6.07, 6.45) is 0.418. The highest BCUT2D eigenvalue weighted by molar-refractivity contribution is 14.2. The number of phenols is 1. The topological polar surface area (TPSA) is 60.8 Å². The monoisotopic (exact) mass is 433 g/mol. The Morgan fingerprint density at radius 1 is 1.33 bits per heavy atom. The molecule has 0 spiro atoms. The molecule has 0 heterocycles. The molecule has 82 valence electrons. The van der Waals surface area contributed by atoms with Crippen LogP contribution < -0.4 is 0 Å². The lowest BCUT2D eigenvalue weighted by Gasteiger charge is -2.15. The van der Waals surface area contributed by atoms with Crippen LogP contribution in [0.5, 0.6) is 5.75 Å². The molecule has 0 fully saturated rings. The van der Waals surface area contributed by atoms with Crippen molar-refractivity contribution in [2.75, 3.05) is 0 Å². The van der Waals surface area contributed by atoms with Gasteiger partial charge in [0.1, 0.15) is 11.8 Å². The van der Waals surface area contributed by atoms with Gasteiger partial charge in [-0.3, -0.25) is 4.79 Å². The number of nitrogens with zero attached hydrogens (tertiary/aromatic N) is 1. The zero-order valence-corrected chi connectivity index (χ0v) is 11.9. The molecule has 0 amide bonds. The van der Waals surface area contributed by atoms with Crippen LogP contribution in [0.4, 0.5) is 0 Å². The van der Waals surface area contributed by atoms with Crippen molar-refractivity contribution in [3.05, 3.63) is 29.8 Å². The first-order valence-electron chi connectivity index (χ1n) is 4.12. The third-order valence-corrected chi connectivity index (χ3v) is 3.23. The summed E-state index contributed by atoms with van der Waals surface area (Å²) in [6.45, 7) is 0. The normalized spacial score (nSPS) is 12.7. The SMILES string of the molecule is O=C(O)[C@@H](Cc1ccc(O)cc1)N(I)I. The first-order valence-corrected chi connectivity index (χ1v) is 6.05. The van der Waals surface area contributed by atoms with Crippen LogP contribution in [-0.2, 0) is 11.2 Å². The zero-order chi connectivity index (χ0) is 11.4. The summed E-state index contributed by atoms with van der Waals surface area (Å²) >= 11 is 3.89. The lowest BCUT2D eigenvalue weighted by Crippen LogP contribution is -2.30. The molecule has 0 bridgehead atoms. The number of carboxylic acid groups (broad SMARTS) is 1. The molecule has 2 N–H and O–H groups in total. The number of hydrogen-bond acceptors (Lipinski definition) is 3. The van der Waals surface area contributed by atoms with Crippen LogP contribution in [0.2, 0.25) is 0 Å². The Labute approximate surface area is 115 Å². The van der Waals surface area contributed by atoms with E-state index in [-0.39, 0.29) is 5.75 Å². The minimum absolute atomic E-state index is 0.187. The summed E-state index contributed by atoms with van der Waals surface area (Å²) in [4.78, 5) is 10.9. The number of rotatable bonds is 4. The summed E-state index contributed by atoms with van der Waals surface area (Å²) in [6, 6.07) is 6.00. The first-order chi connectivity index (χ1) is 7.00. The fourth-order valence-electron chi connectivity index (χ4n) is 1.10. The van der Waals surface area contributed by atoms with Crippen LogP contribution >= 0.6 is 45.7 Å². The smallest absolute Gasteiger partial charge is 0.322 e. The third kappa shape index (κ3) is 4.11. The van der Waals surface area contributed by atoms with Crippen molar-refractivity contribution < 1.29 is 15.0 Å². The van der Waals surface area contributed by atoms with Crippen molar-refractivity contribution in [1.29, 1.82) is 0 Å². The van der Waals surface area contributed by atoms with Gasteiger partial charge in [0.05, 0.1) is 0 Å². The van der Waals surface area contributed by atoms with E-state index in [1.54, 1.807) is 25.6 Å². The van der Waals surface area contributed by atoms with Gasteiger partial charge in [0.25, 0.3) is 0 Å². The first kappa shape index (κ1) is 13.0. The molecule has 1 rings (SSSR count). The van der Waals surface area contributed by atoms with Crippen LogP contribution in [0.3, 0.4) is 0 Å². The maximum absolute atomic E-state index is 10.9. The fourth-order valence-corrected chi connectivity index (χ4v) is 1.97. The fraction of sp³-hybridized carbons (Fsp3) is 0.222. The number of carboxylic acids is 1. The second-order valence-corrected chi connectivity index (χ2v) is 6.91. The van der Waals surface area contributed by atoms with Crippen molar-refractivity contribution in [3.63, 3.8) is 0 Å². The van der Waals surface area contributed by atoms with Gasteiger partial charge < -0.3 is 10.2 Å². The van der Waals surface area contributed by atoms with Crippen molar-refractivity contribution >= 4 is 51.7 Å². The van der Waals surface area contributed by atoms with E-state index in [1.165, 1.54) is 0 Å². The van der Waals surface area contributed by atoms with E-state index in [2.05, 4.69) is 0 Å². The van der Waals surface area contributed by atoms with Gasteiger partial charge in [0.15, 0.2) is 0 Å². The lowest BCUT2D eigenvalue weighted by atomic mass is 10.1. The maximum Gasteiger partial charge on any atom is 0.322 e. The Hall–Kier alpha value is -0.0900. The molecule has 0 saturated carbocycles. The highest BCUT2D eigenvalue weighted by atomic mass is 127. The summed E-state index contributed by atoms with van der Waals surface area (Å²) in [5, 5.41) is 18.0. The van der Waals surface area contributed by atoms with Crippen molar-refractivity contribution in [1.82, 2.24) is 1.33 Å². The molecule has 0 aromatic heterocycles.